The molecule has 3 rings (SSSR count). The Balaban J connectivity index is 0.00000261. The van der Waals surface area contributed by atoms with E-state index in [1.807, 2.05) is 0 Å². The van der Waals surface area contributed by atoms with Gasteiger partial charge in [0.2, 0.25) is 5.91 Å². The molecule has 27 heavy (non-hydrogen) atoms. The van der Waals surface area contributed by atoms with Crippen molar-refractivity contribution >= 4 is 28.7 Å². The minimum absolute atomic E-state index is 0. The molecule has 0 aliphatic carbocycles. The number of hydrogen-bond donors (Lipinski definition) is 0. The Kier molecular flexibility index (Phi) is 8.15. The van der Waals surface area contributed by atoms with Gasteiger partial charge in [-0.05, 0) is 19.3 Å². The van der Waals surface area contributed by atoms with E-state index in [1.165, 1.54) is 9.13 Å². The number of imidazole rings is 1. The molecule has 1 aliphatic heterocycles. The summed E-state index contributed by atoms with van der Waals surface area (Å²) < 4.78 is 2.69. The molecule has 0 spiro atoms. The quantitative estimate of drug-likeness (QED) is 0.300. The monoisotopic (exact) mass is 403 g/mol. The molecule has 0 unspecified atom stereocenters. The number of aromatic nitrogens is 4. The van der Waals surface area contributed by atoms with Crippen molar-refractivity contribution in [1.82, 2.24) is 24.0 Å². The van der Waals surface area contributed by atoms with Crippen LogP contribution in [0.4, 0.5) is 0 Å². The van der Waals surface area contributed by atoms with Crippen LogP contribution in [0.2, 0.25) is 5.28 Å². The van der Waals surface area contributed by atoms with E-state index in [4.69, 9.17) is 11.6 Å². The van der Waals surface area contributed by atoms with Crippen molar-refractivity contribution in [2.75, 3.05) is 13.1 Å². The number of carbonyl (C=O) groups excluding carboxylic acids is 1. The van der Waals surface area contributed by atoms with Crippen molar-refractivity contribution in [2.24, 2.45) is 0 Å². The SMILES string of the molecule is CCCCCn1c(=O)n(CCCN2CCCC2=O)c(=O)c2[n-]c(Cl)nc21.[Na+]. The van der Waals surface area contributed by atoms with Crippen LogP contribution in [0.15, 0.2) is 9.59 Å². The molecular weight excluding hydrogens is 381 g/mol. The van der Waals surface area contributed by atoms with E-state index in [-0.39, 0.29) is 64.1 Å². The molecular formula is C17H23ClN5NaO3. The fraction of sp³-hybridized carbons (Fsp3) is 0.647. The number of fused-ring (bicyclic) bond motifs is 1. The van der Waals surface area contributed by atoms with Crippen LogP contribution in [0.1, 0.15) is 45.4 Å². The Morgan fingerprint density at radius 3 is 2.48 bits per heavy atom. The summed E-state index contributed by atoms with van der Waals surface area (Å²) in [4.78, 5) is 47.0. The number of amides is 1. The second kappa shape index (κ2) is 9.91. The molecule has 0 radical (unpaired) electrons. The molecule has 0 aromatic carbocycles. The molecule has 2 aromatic heterocycles. The third-order valence-electron chi connectivity index (χ3n) is 4.75. The normalized spacial score (nSPS) is 14.1. The topological polar surface area (TPSA) is 91.3 Å². The summed E-state index contributed by atoms with van der Waals surface area (Å²) in [7, 11) is 0. The van der Waals surface area contributed by atoms with E-state index in [9.17, 15) is 14.4 Å². The number of carbonyl (C=O) groups is 1. The van der Waals surface area contributed by atoms with Gasteiger partial charge in [-0.1, -0.05) is 31.4 Å². The zero-order valence-electron chi connectivity index (χ0n) is 15.9. The van der Waals surface area contributed by atoms with Crippen molar-refractivity contribution in [3.8, 4) is 0 Å². The number of nitrogens with zero attached hydrogens (tertiary/aromatic N) is 5. The second-order valence-electron chi connectivity index (χ2n) is 6.60. The van der Waals surface area contributed by atoms with Crippen LogP contribution in [-0.2, 0) is 17.9 Å². The standard InChI is InChI=1S/C17H24ClN5O3.Na/c1-2-3-4-10-22-14-13(19-16(18)20-14)15(25)23(17(22)26)11-6-9-21-8-5-7-12(21)24;/h2-11H2,1H3,(H,19,20,25);/q;+1/p-1. The van der Waals surface area contributed by atoms with E-state index in [0.717, 1.165) is 32.2 Å². The predicted molar refractivity (Wildman–Crippen MR) is 98.5 cm³/mol. The van der Waals surface area contributed by atoms with E-state index >= 15 is 0 Å². The van der Waals surface area contributed by atoms with Gasteiger partial charge in [-0.15, -0.1) is 0 Å². The van der Waals surface area contributed by atoms with Gasteiger partial charge in [0.1, 0.15) is 0 Å². The largest absolute Gasteiger partial charge is 1.00 e. The summed E-state index contributed by atoms with van der Waals surface area (Å²) in [6, 6.07) is 0. The van der Waals surface area contributed by atoms with Crippen molar-refractivity contribution < 1.29 is 34.4 Å². The van der Waals surface area contributed by atoms with E-state index in [2.05, 4.69) is 16.9 Å². The van der Waals surface area contributed by atoms with Gasteiger partial charge in [-0.25, -0.2) is 4.79 Å². The fourth-order valence-electron chi connectivity index (χ4n) is 3.37. The molecule has 8 nitrogen and oxygen atoms in total. The zero-order valence-corrected chi connectivity index (χ0v) is 18.7. The Morgan fingerprint density at radius 2 is 1.81 bits per heavy atom. The number of aryl methyl sites for hydroxylation is 1. The van der Waals surface area contributed by atoms with Crippen molar-refractivity contribution in [2.45, 2.75) is 58.5 Å². The van der Waals surface area contributed by atoms with Crippen LogP contribution >= 0.6 is 11.6 Å². The summed E-state index contributed by atoms with van der Waals surface area (Å²) in [5.74, 6) is 0.137. The summed E-state index contributed by atoms with van der Waals surface area (Å²) in [5, 5.41) is -0.0267. The van der Waals surface area contributed by atoms with Gasteiger partial charge in [0.25, 0.3) is 5.56 Å². The van der Waals surface area contributed by atoms with Crippen LogP contribution in [0.25, 0.3) is 11.2 Å². The Labute approximate surface area is 184 Å². The molecule has 142 valence electrons. The van der Waals surface area contributed by atoms with Crippen molar-refractivity contribution in [3.63, 3.8) is 0 Å². The Morgan fingerprint density at radius 1 is 1.07 bits per heavy atom. The van der Waals surface area contributed by atoms with Gasteiger partial charge in [-0.2, -0.15) is 0 Å². The number of hydrogen-bond acceptors (Lipinski definition) is 4. The molecule has 3 heterocycles. The molecule has 10 heteroatoms. The third-order valence-corrected chi connectivity index (χ3v) is 4.91. The van der Waals surface area contributed by atoms with Gasteiger partial charge >= 0.3 is 35.2 Å². The maximum atomic E-state index is 12.8. The first-order valence-corrected chi connectivity index (χ1v) is 9.52. The number of halogens is 1. The molecule has 0 N–H and O–H groups in total. The van der Waals surface area contributed by atoms with Crippen LogP contribution in [0.5, 0.6) is 0 Å². The third kappa shape index (κ3) is 4.85. The fourth-order valence-corrected chi connectivity index (χ4v) is 3.53. The van der Waals surface area contributed by atoms with Crippen molar-refractivity contribution in [1.29, 1.82) is 0 Å². The van der Waals surface area contributed by atoms with Crippen LogP contribution < -0.4 is 45.8 Å². The number of likely N-dealkylation sites (tertiary alicyclic amines) is 1. The molecule has 1 amide bonds. The molecule has 0 saturated carbocycles. The molecule has 1 fully saturated rings. The van der Waals surface area contributed by atoms with Gasteiger partial charge in [-0.3, -0.25) is 18.7 Å². The maximum Gasteiger partial charge on any atom is 1.00 e. The first-order valence-electron chi connectivity index (χ1n) is 9.14. The second-order valence-corrected chi connectivity index (χ2v) is 6.94. The summed E-state index contributed by atoms with van der Waals surface area (Å²) >= 11 is 5.87. The summed E-state index contributed by atoms with van der Waals surface area (Å²) in [6.45, 7) is 4.10. The van der Waals surface area contributed by atoms with Gasteiger partial charge in [0.15, 0.2) is 0 Å². The minimum atomic E-state index is -0.469. The van der Waals surface area contributed by atoms with Crippen molar-refractivity contribution in [3.05, 3.63) is 26.1 Å². The molecule has 2 aromatic rings. The molecule has 0 atom stereocenters. The average Bonchev–Trinajstić information content (AvgIpc) is 3.19. The van der Waals surface area contributed by atoms with Gasteiger partial charge in [0, 0.05) is 49.0 Å². The van der Waals surface area contributed by atoms with Gasteiger partial charge in [0.05, 0.1) is 0 Å². The summed E-state index contributed by atoms with van der Waals surface area (Å²) in [6.07, 6.45) is 4.81. The van der Waals surface area contributed by atoms with E-state index in [1.54, 1.807) is 4.90 Å². The minimum Gasteiger partial charge on any atom is -0.420 e. The average molecular weight is 404 g/mol. The first kappa shape index (κ1) is 22.2. The number of unbranched alkanes of at least 4 members (excludes halogenated alkanes) is 2. The summed E-state index contributed by atoms with van der Waals surface area (Å²) in [5.41, 5.74) is -0.470. The maximum absolute atomic E-state index is 12.8. The van der Waals surface area contributed by atoms with Crippen LogP contribution in [-0.4, -0.2) is 38.0 Å². The van der Waals surface area contributed by atoms with E-state index in [0.29, 0.717) is 25.9 Å². The van der Waals surface area contributed by atoms with Crippen LogP contribution in [0.3, 0.4) is 0 Å². The van der Waals surface area contributed by atoms with Gasteiger partial charge < -0.3 is 14.9 Å². The Bertz CT molecular complexity index is 920. The predicted octanol–water partition coefficient (Wildman–Crippen LogP) is -1.62. The number of rotatable bonds is 8. The van der Waals surface area contributed by atoms with Crippen LogP contribution in [0, 0.1) is 0 Å². The van der Waals surface area contributed by atoms with E-state index < -0.39 is 5.56 Å². The Hall–Kier alpha value is -1.09. The molecule has 1 saturated heterocycles. The first-order chi connectivity index (χ1) is 12.5. The smallest absolute Gasteiger partial charge is 0.420 e. The molecule has 0 bridgehead atoms. The zero-order chi connectivity index (χ0) is 18.7. The molecule has 1 aliphatic rings.